The van der Waals surface area contributed by atoms with E-state index in [1.807, 2.05) is 0 Å². The lowest BCUT2D eigenvalue weighted by atomic mass is 10.1. The molecule has 2 aromatic carbocycles. The Kier molecular flexibility index (Phi) is 9.40. The molecule has 0 fully saturated rings. The van der Waals surface area contributed by atoms with Crippen LogP contribution in [0.3, 0.4) is 0 Å². The Morgan fingerprint density at radius 2 is 1.58 bits per heavy atom. The monoisotopic (exact) mass is 499 g/mol. The summed E-state index contributed by atoms with van der Waals surface area (Å²) in [5.74, 6) is -2.53. The third-order valence-electron chi connectivity index (χ3n) is 4.79. The molecule has 0 saturated heterocycles. The highest BCUT2D eigenvalue weighted by Crippen LogP contribution is 2.12. The van der Waals surface area contributed by atoms with E-state index in [1.165, 1.54) is 36.5 Å². The molecular formula is C25H23F2N3O6. The number of aliphatic carboxylic acids is 1. The molecule has 1 unspecified atom stereocenters. The van der Waals surface area contributed by atoms with Crippen molar-refractivity contribution in [2.75, 3.05) is 11.9 Å². The van der Waals surface area contributed by atoms with E-state index in [1.54, 1.807) is 24.3 Å². The second-order valence-electron chi connectivity index (χ2n) is 7.69. The molecule has 2 amide bonds. The van der Waals surface area contributed by atoms with Crippen LogP contribution in [-0.2, 0) is 38.7 Å². The summed E-state index contributed by atoms with van der Waals surface area (Å²) in [4.78, 5) is 39.2. The number of nitrogens with zero attached hydrogens (tertiary/aromatic N) is 1. The summed E-state index contributed by atoms with van der Waals surface area (Å²) in [6.07, 6.45) is 1.53. The molecule has 0 bridgehead atoms. The van der Waals surface area contributed by atoms with Crippen molar-refractivity contribution in [3.63, 3.8) is 0 Å². The van der Waals surface area contributed by atoms with E-state index in [4.69, 9.17) is 9.47 Å². The van der Waals surface area contributed by atoms with Gasteiger partial charge in [0, 0.05) is 11.9 Å². The first-order valence-electron chi connectivity index (χ1n) is 10.7. The van der Waals surface area contributed by atoms with E-state index < -0.39 is 23.9 Å². The third kappa shape index (κ3) is 8.76. The standard InChI is InChI=1S/C25H23F2N3O6/c26-19-5-1-16(2-6-19)10-23(31)29-21-7-3-17(4-8-21)14-36-25(34)30-22(24(32)33)15-35-13-18-9-20(27)12-28-11-18/h1-9,11-12,22H,10,13-15H2,(H,29,31)(H,30,34)(H,32,33). The van der Waals surface area contributed by atoms with E-state index >= 15 is 0 Å². The number of carbonyl (C=O) groups excluding carboxylic acids is 2. The first-order valence-corrected chi connectivity index (χ1v) is 10.7. The summed E-state index contributed by atoms with van der Waals surface area (Å²) in [6.45, 7) is -0.594. The van der Waals surface area contributed by atoms with Crippen molar-refractivity contribution >= 4 is 23.7 Å². The summed E-state index contributed by atoms with van der Waals surface area (Å²) in [6, 6.07) is 11.9. The minimum atomic E-state index is -1.38. The summed E-state index contributed by atoms with van der Waals surface area (Å²) in [7, 11) is 0. The predicted octanol–water partition coefficient (Wildman–Crippen LogP) is 3.44. The quantitative estimate of drug-likeness (QED) is 0.369. The van der Waals surface area contributed by atoms with Crippen LogP contribution < -0.4 is 10.6 Å². The van der Waals surface area contributed by atoms with Gasteiger partial charge in [-0.05, 0) is 47.0 Å². The van der Waals surface area contributed by atoms with Crippen LogP contribution in [0.4, 0.5) is 19.3 Å². The molecule has 0 radical (unpaired) electrons. The van der Waals surface area contributed by atoms with Crippen molar-refractivity contribution < 1.29 is 37.7 Å². The van der Waals surface area contributed by atoms with E-state index in [0.29, 0.717) is 22.4 Å². The number of hydrogen-bond donors (Lipinski definition) is 3. The summed E-state index contributed by atoms with van der Waals surface area (Å²) in [5.41, 5.74) is 2.20. The Balaban J connectivity index is 1.41. The van der Waals surface area contributed by atoms with Gasteiger partial charge in [-0.25, -0.2) is 18.4 Å². The molecule has 1 heterocycles. The molecule has 3 rings (SSSR count). The van der Waals surface area contributed by atoms with Gasteiger partial charge < -0.3 is 25.2 Å². The van der Waals surface area contributed by atoms with Crippen LogP contribution >= 0.6 is 0 Å². The molecule has 0 aliphatic carbocycles. The average molecular weight is 499 g/mol. The molecule has 9 nitrogen and oxygen atoms in total. The Morgan fingerprint density at radius 3 is 2.25 bits per heavy atom. The zero-order valence-electron chi connectivity index (χ0n) is 18.9. The number of hydrogen-bond acceptors (Lipinski definition) is 6. The highest BCUT2D eigenvalue weighted by atomic mass is 19.1. The van der Waals surface area contributed by atoms with Gasteiger partial charge in [0.2, 0.25) is 5.91 Å². The summed E-state index contributed by atoms with van der Waals surface area (Å²) in [5, 5.41) is 14.2. The van der Waals surface area contributed by atoms with Crippen LogP contribution in [0, 0.1) is 11.6 Å². The van der Waals surface area contributed by atoms with Crippen LogP contribution in [0.1, 0.15) is 16.7 Å². The number of ether oxygens (including phenoxy) is 2. The Hall–Kier alpha value is -4.38. The SMILES string of the molecule is O=C(Cc1ccc(F)cc1)Nc1ccc(COC(=O)NC(COCc2cncc(F)c2)C(=O)O)cc1. The number of carbonyl (C=O) groups is 3. The molecule has 0 aliphatic heterocycles. The molecule has 0 aliphatic rings. The summed E-state index contributed by atoms with van der Waals surface area (Å²) >= 11 is 0. The predicted molar refractivity (Wildman–Crippen MR) is 124 cm³/mol. The van der Waals surface area contributed by atoms with E-state index in [-0.39, 0.29) is 38.0 Å². The van der Waals surface area contributed by atoms with Gasteiger partial charge in [-0.3, -0.25) is 9.78 Å². The van der Waals surface area contributed by atoms with Crippen LogP contribution in [0.25, 0.3) is 0 Å². The molecule has 1 aromatic heterocycles. The first kappa shape index (κ1) is 26.2. The van der Waals surface area contributed by atoms with E-state index in [9.17, 15) is 28.3 Å². The van der Waals surface area contributed by atoms with Crippen LogP contribution in [0.15, 0.2) is 67.0 Å². The van der Waals surface area contributed by atoms with Crippen LogP contribution in [0.2, 0.25) is 0 Å². The van der Waals surface area contributed by atoms with Crippen molar-refractivity contribution in [1.29, 1.82) is 0 Å². The second kappa shape index (κ2) is 12.9. The lowest BCUT2D eigenvalue weighted by molar-refractivity contribution is -0.141. The number of nitrogens with one attached hydrogen (secondary N) is 2. The third-order valence-corrected chi connectivity index (χ3v) is 4.79. The maximum Gasteiger partial charge on any atom is 0.408 e. The van der Waals surface area contributed by atoms with Crippen LogP contribution in [-0.4, -0.2) is 40.7 Å². The van der Waals surface area contributed by atoms with E-state index in [0.717, 1.165) is 6.20 Å². The van der Waals surface area contributed by atoms with Crippen molar-refractivity contribution in [2.24, 2.45) is 0 Å². The molecule has 188 valence electrons. The largest absolute Gasteiger partial charge is 0.480 e. The summed E-state index contributed by atoms with van der Waals surface area (Å²) < 4.78 is 36.4. The number of halogens is 2. The number of anilines is 1. The molecule has 3 aromatic rings. The minimum absolute atomic E-state index is 0.0822. The fraction of sp³-hybridized carbons (Fsp3) is 0.200. The number of alkyl carbamates (subject to hydrolysis) is 1. The highest BCUT2D eigenvalue weighted by Gasteiger charge is 2.21. The fourth-order valence-electron chi connectivity index (χ4n) is 3.01. The normalized spacial score (nSPS) is 11.4. The maximum atomic E-state index is 13.1. The topological polar surface area (TPSA) is 127 Å². The molecular weight excluding hydrogens is 476 g/mol. The zero-order chi connectivity index (χ0) is 25.9. The van der Waals surface area contributed by atoms with Gasteiger partial charge in [-0.1, -0.05) is 24.3 Å². The number of amides is 2. The molecule has 0 spiro atoms. The van der Waals surface area contributed by atoms with Crippen LogP contribution in [0.5, 0.6) is 0 Å². The van der Waals surface area contributed by atoms with Crippen molar-refractivity contribution in [3.8, 4) is 0 Å². The van der Waals surface area contributed by atoms with Gasteiger partial charge >= 0.3 is 12.1 Å². The molecule has 0 saturated carbocycles. The average Bonchev–Trinajstić information content (AvgIpc) is 2.84. The molecule has 36 heavy (non-hydrogen) atoms. The Labute approximate surface area is 205 Å². The number of rotatable bonds is 11. The number of carboxylic acid groups (broad SMARTS) is 1. The molecule has 3 N–H and O–H groups in total. The molecule has 1 atom stereocenters. The van der Waals surface area contributed by atoms with Gasteiger partial charge in [-0.15, -0.1) is 0 Å². The number of pyridine rings is 1. The Bertz CT molecular complexity index is 1190. The number of aromatic nitrogens is 1. The van der Waals surface area contributed by atoms with Gasteiger partial charge in [0.1, 0.15) is 18.2 Å². The smallest absolute Gasteiger partial charge is 0.408 e. The first-order chi connectivity index (χ1) is 17.3. The number of benzene rings is 2. The maximum absolute atomic E-state index is 13.1. The van der Waals surface area contributed by atoms with E-state index in [2.05, 4.69) is 15.6 Å². The lowest BCUT2D eigenvalue weighted by Gasteiger charge is -2.15. The number of carboxylic acids is 1. The van der Waals surface area contributed by atoms with Crippen molar-refractivity contribution in [3.05, 3.63) is 95.3 Å². The van der Waals surface area contributed by atoms with Gasteiger partial charge in [-0.2, -0.15) is 0 Å². The van der Waals surface area contributed by atoms with Crippen molar-refractivity contribution in [2.45, 2.75) is 25.7 Å². The Morgan fingerprint density at radius 1 is 0.889 bits per heavy atom. The lowest BCUT2D eigenvalue weighted by Crippen LogP contribution is -2.44. The zero-order valence-corrected chi connectivity index (χ0v) is 18.9. The highest BCUT2D eigenvalue weighted by molar-refractivity contribution is 5.92. The minimum Gasteiger partial charge on any atom is -0.480 e. The fourth-order valence-corrected chi connectivity index (χ4v) is 3.01. The molecule has 11 heteroatoms. The second-order valence-corrected chi connectivity index (χ2v) is 7.69. The van der Waals surface area contributed by atoms with Crippen molar-refractivity contribution in [1.82, 2.24) is 10.3 Å². The van der Waals surface area contributed by atoms with Gasteiger partial charge in [0.15, 0.2) is 6.04 Å². The van der Waals surface area contributed by atoms with Gasteiger partial charge in [0.05, 0.1) is 25.8 Å². The van der Waals surface area contributed by atoms with Gasteiger partial charge in [0.25, 0.3) is 0 Å².